The third-order valence-electron chi connectivity index (χ3n) is 5.27. The van der Waals surface area contributed by atoms with Gasteiger partial charge in [0.2, 0.25) is 5.91 Å². The number of likely N-dealkylation sites (N-methyl/N-ethyl adjacent to an activating group) is 1. The van der Waals surface area contributed by atoms with Gasteiger partial charge >= 0.3 is 0 Å². The molecule has 0 N–H and O–H groups in total. The second kappa shape index (κ2) is 7.23. The van der Waals surface area contributed by atoms with Gasteiger partial charge in [-0.1, -0.05) is 18.9 Å². The van der Waals surface area contributed by atoms with E-state index < -0.39 is 0 Å². The van der Waals surface area contributed by atoms with Crippen molar-refractivity contribution < 1.29 is 4.79 Å². The van der Waals surface area contributed by atoms with Gasteiger partial charge < -0.3 is 4.90 Å². The van der Waals surface area contributed by atoms with E-state index in [1.807, 2.05) is 24.1 Å². The molecule has 1 saturated heterocycles. The van der Waals surface area contributed by atoms with Gasteiger partial charge in [-0.3, -0.25) is 14.7 Å². The fraction of sp³-hybridized carbons (Fsp3) is 0.667. The molecule has 0 spiro atoms. The van der Waals surface area contributed by atoms with Crippen molar-refractivity contribution in [3.8, 4) is 0 Å². The molecule has 2 fully saturated rings. The molecule has 1 saturated carbocycles. The number of amides is 1. The van der Waals surface area contributed by atoms with Gasteiger partial charge in [0.15, 0.2) is 0 Å². The van der Waals surface area contributed by atoms with E-state index in [2.05, 4.69) is 9.88 Å². The third-order valence-corrected chi connectivity index (χ3v) is 5.27. The van der Waals surface area contributed by atoms with Crippen molar-refractivity contribution in [1.29, 1.82) is 0 Å². The summed E-state index contributed by atoms with van der Waals surface area (Å²) in [4.78, 5) is 21.4. The van der Waals surface area contributed by atoms with Gasteiger partial charge in [-0.2, -0.15) is 0 Å². The third kappa shape index (κ3) is 3.49. The van der Waals surface area contributed by atoms with Crippen LogP contribution in [0.3, 0.4) is 0 Å². The Labute approximate surface area is 133 Å². The van der Waals surface area contributed by atoms with Crippen molar-refractivity contribution in [1.82, 2.24) is 14.8 Å². The van der Waals surface area contributed by atoms with Crippen molar-refractivity contribution in [3.63, 3.8) is 0 Å². The van der Waals surface area contributed by atoms with Crippen molar-refractivity contribution >= 4 is 5.91 Å². The van der Waals surface area contributed by atoms with Crippen LogP contribution in [0.25, 0.3) is 0 Å². The number of aromatic nitrogens is 1. The largest absolute Gasteiger partial charge is 0.341 e. The van der Waals surface area contributed by atoms with Gasteiger partial charge in [0.25, 0.3) is 0 Å². The Kier molecular flexibility index (Phi) is 5.08. The highest BCUT2D eigenvalue weighted by Gasteiger charge is 2.35. The SMILES string of the molecule is CN(C(=O)Cc1cccnc1)[C@H]1CCCC[C@@H]1N1CCCC1. The summed E-state index contributed by atoms with van der Waals surface area (Å²) in [5, 5.41) is 0. The average Bonchev–Trinajstić information content (AvgIpc) is 3.09. The molecule has 2 heterocycles. The van der Waals surface area contributed by atoms with Gasteiger partial charge in [-0.25, -0.2) is 0 Å². The van der Waals surface area contributed by atoms with E-state index in [1.54, 1.807) is 12.4 Å². The standard InChI is InChI=1S/C18H27N3O/c1-20(18(22)13-15-7-6-10-19-14-15)16-8-2-3-9-17(16)21-11-4-5-12-21/h6-7,10,14,16-17H,2-5,8-9,11-13H2,1H3/t16-,17-/m0/s1. The van der Waals surface area contributed by atoms with Crippen molar-refractivity contribution in [2.75, 3.05) is 20.1 Å². The summed E-state index contributed by atoms with van der Waals surface area (Å²) in [5.74, 6) is 0.226. The summed E-state index contributed by atoms with van der Waals surface area (Å²) in [7, 11) is 2.00. The van der Waals surface area contributed by atoms with Crippen LogP contribution in [0.5, 0.6) is 0 Å². The Morgan fingerprint density at radius 2 is 2.05 bits per heavy atom. The molecular weight excluding hydrogens is 274 g/mol. The van der Waals surface area contributed by atoms with E-state index in [0.29, 0.717) is 18.5 Å². The van der Waals surface area contributed by atoms with E-state index in [4.69, 9.17) is 0 Å². The molecule has 0 radical (unpaired) electrons. The molecule has 120 valence electrons. The Balaban J connectivity index is 1.65. The molecule has 1 aromatic heterocycles. The highest BCUT2D eigenvalue weighted by Crippen LogP contribution is 2.29. The van der Waals surface area contributed by atoms with Crippen LogP contribution in [0.1, 0.15) is 44.1 Å². The summed E-state index contributed by atoms with van der Waals surface area (Å²) >= 11 is 0. The van der Waals surface area contributed by atoms with Crippen LogP contribution in [-0.2, 0) is 11.2 Å². The number of pyridine rings is 1. The van der Waals surface area contributed by atoms with Crippen molar-refractivity contribution in [2.45, 2.75) is 57.0 Å². The molecule has 0 aromatic carbocycles. The number of likely N-dealkylation sites (tertiary alicyclic amines) is 1. The molecular formula is C18H27N3O. The fourth-order valence-corrected chi connectivity index (χ4v) is 4.03. The Hall–Kier alpha value is -1.42. The van der Waals surface area contributed by atoms with E-state index in [-0.39, 0.29) is 5.91 Å². The van der Waals surface area contributed by atoms with E-state index in [9.17, 15) is 4.79 Å². The van der Waals surface area contributed by atoms with E-state index in [1.165, 1.54) is 45.2 Å². The highest BCUT2D eigenvalue weighted by atomic mass is 16.2. The predicted octanol–water partition coefficient (Wildman–Crippen LogP) is 2.49. The van der Waals surface area contributed by atoms with Crippen LogP contribution in [0, 0.1) is 0 Å². The second-order valence-corrected chi connectivity index (χ2v) is 6.70. The topological polar surface area (TPSA) is 36.4 Å². The monoisotopic (exact) mass is 301 g/mol. The minimum Gasteiger partial charge on any atom is -0.341 e. The minimum atomic E-state index is 0.226. The summed E-state index contributed by atoms with van der Waals surface area (Å²) in [6.45, 7) is 2.43. The quantitative estimate of drug-likeness (QED) is 0.857. The van der Waals surface area contributed by atoms with Crippen molar-refractivity contribution in [2.24, 2.45) is 0 Å². The molecule has 4 heteroatoms. The van der Waals surface area contributed by atoms with Crippen LogP contribution >= 0.6 is 0 Å². The van der Waals surface area contributed by atoms with Crippen LogP contribution in [0.4, 0.5) is 0 Å². The van der Waals surface area contributed by atoms with Gasteiger partial charge in [-0.15, -0.1) is 0 Å². The fourth-order valence-electron chi connectivity index (χ4n) is 4.03. The smallest absolute Gasteiger partial charge is 0.227 e. The van der Waals surface area contributed by atoms with Gasteiger partial charge in [-0.05, 0) is 50.4 Å². The molecule has 3 rings (SSSR count). The first-order valence-electron chi connectivity index (χ1n) is 8.64. The van der Waals surface area contributed by atoms with Gasteiger partial charge in [0.05, 0.1) is 6.42 Å². The predicted molar refractivity (Wildman–Crippen MR) is 87.6 cm³/mol. The first kappa shape index (κ1) is 15.5. The molecule has 1 aliphatic carbocycles. The highest BCUT2D eigenvalue weighted by molar-refractivity contribution is 5.78. The van der Waals surface area contributed by atoms with E-state index >= 15 is 0 Å². The van der Waals surface area contributed by atoms with E-state index in [0.717, 1.165) is 12.0 Å². The zero-order valence-corrected chi connectivity index (χ0v) is 13.6. The molecule has 2 atom stereocenters. The minimum absolute atomic E-state index is 0.226. The number of carbonyl (C=O) groups is 1. The lowest BCUT2D eigenvalue weighted by Crippen LogP contribution is -2.53. The molecule has 2 aliphatic rings. The Morgan fingerprint density at radius 3 is 2.77 bits per heavy atom. The molecule has 1 aromatic rings. The number of hydrogen-bond donors (Lipinski definition) is 0. The molecule has 0 unspecified atom stereocenters. The van der Waals surface area contributed by atoms with Crippen LogP contribution in [0.2, 0.25) is 0 Å². The maximum Gasteiger partial charge on any atom is 0.227 e. The van der Waals surface area contributed by atoms with Gasteiger partial charge in [0, 0.05) is 31.5 Å². The lowest BCUT2D eigenvalue weighted by Gasteiger charge is -2.42. The number of carbonyl (C=O) groups excluding carboxylic acids is 1. The Morgan fingerprint density at radius 1 is 1.27 bits per heavy atom. The van der Waals surface area contributed by atoms with Crippen LogP contribution in [-0.4, -0.2) is 52.9 Å². The second-order valence-electron chi connectivity index (χ2n) is 6.70. The first-order valence-corrected chi connectivity index (χ1v) is 8.64. The Bertz CT molecular complexity index is 484. The summed E-state index contributed by atoms with van der Waals surface area (Å²) in [6, 6.07) is 4.84. The summed E-state index contributed by atoms with van der Waals surface area (Å²) < 4.78 is 0. The molecule has 4 nitrogen and oxygen atoms in total. The van der Waals surface area contributed by atoms with Crippen LogP contribution < -0.4 is 0 Å². The lowest BCUT2D eigenvalue weighted by atomic mass is 9.88. The maximum atomic E-state index is 12.7. The van der Waals surface area contributed by atoms with Crippen molar-refractivity contribution in [3.05, 3.63) is 30.1 Å². The summed E-state index contributed by atoms with van der Waals surface area (Å²) in [6.07, 6.45) is 11.6. The zero-order valence-electron chi connectivity index (χ0n) is 13.6. The molecule has 1 amide bonds. The van der Waals surface area contributed by atoms with Gasteiger partial charge in [0.1, 0.15) is 0 Å². The number of hydrogen-bond acceptors (Lipinski definition) is 3. The number of nitrogens with zero attached hydrogens (tertiary/aromatic N) is 3. The lowest BCUT2D eigenvalue weighted by molar-refractivity contribution is -0.133. The molecule has 0 bridgehead atoms. The first-order chi connectivity index (χ1) is 10.8. The maximum absolute atomic E-state index is 12.7. The zero-order chi connectivity index (χ0) is 15.4. The molecule has 22 heavy (non-hydrogen) atoms. The average molecular weight is 301 g/mol. The number of rotatable bonds is 4. The normalized spacial score (nSPS) is 26.0. The van der Waals surface area contributed by atoms with Crippen LogP contribution in [0.15, 0.2) is 24.5 Å². The summed E-state index contributed by atoms with van der Waals surface area (Å²) in [5.41, 5.74) is 1.01. The molecule has 1 aliphatic heterocycles.